The number of rotatable bonds is 10. The largest absolute Gasteiger partial charge is 0.493 e. The molecule has 0 saturated carbocycles. The Bertz CT molecular complexity index is 2010. The van der Waals surface area contributed by atoms with Gasteiger partial charge in [0.2, 0.25) is 13.1 Å². The molecule has 6 rings (SSSR count). The number of nitrogens with one attached hydrogen (secondary N) is 1. The second-order valence-electron chi connectivity index (χ2n) is 11.5. The molecule has 2 N–H and O–H groups in total. The number of aliphatic hydroxyl groups excluding tert-OH is 1. The predicted molar refractivity (Wildman–Crippen MR) is 171 cm³/mol. The highest BCUT2D eigenvalue weighted by Gasteiger charge is 2.51. The summed E-state index contributed by atoms with van der Waals surface area (Å²) in [6, 6.07) is 6.66. The van der Waals surface area contributed by atoms with Crippen LogP contribution in [0.4, 0.5) is 0 Å². The van der Waals surface area contributed by atoms with Crippen molar-refractivity contribution in [2.75, 3.05) is 34.1 Å². The van der Waals surface area contributed by atoms with Gasteiger partial charge in [-0.25, -0.2) is 0 Å². The molecule has 0 aliphatic carbocycles. The molecular weight excluding hydrogens is 646 g/mol. The first-order valence-electron chi connectivity index (χ1n) is 15.4. The average Bonchev–Trinajstić information content (AvgIpc) is 3.52. The molecule has 0 amide bonds. The van der Waals surface area contributed by atoms with Gasteiger partial charge in [0.15, 0.2) is 41.3 Å². The van der Waals surface area contributed by atoms with Crippen LogP contribution in [0.2, 0.25) is 0 Å². The van der Waals surface area contributed by atoms with E-state index in [9.17, 15) is 24.3 Å². The molecular formula is C33H35N3O13. The van der Waals surface area contributed by atoms with Crippen LogP contribution in [0.15, 0.2) is 35.3 Å². The zero-order valence-corrected chi connectivity index (χ0v) is 27.3. The molecule has 5 atom stereocenters. The molecule has 4 aromatic rings. The molecule has 16 heteroatoms. The lowest BCUT2D eigenvalue weighted by Gasteiger charge is -2.42. The van der Waals surface area contributed by atoms with Crippen molar-refractivity contribution < 1.29 is 57.4 Å². The van der Waals surface area contributed by atoms with Crippen LogP contribution in [0.25, 0.3) is 32.6 Å². The van der Waals surface area contributed by atoms with Gasteiger partial charge in [0.05, 0.1) is 23.5 Å². The highest BCUT2D eigenvalue weighted by molar-refractivity contribution is 6.15. The van der Waals surface area contributed by atoms with Gasteiger partial charge in [-0.1, -0.05) is 0 Å². The summed E-state index contributed by atoms with van der Waals surface area (Å²) < 4.78 is 46.3. The molecule has 2 aliphatic heterocycles. The van der Waals surface area contributed by atoms with Crippen LogP contribution in [0.3, 0.4) is 0 Å². The van der Waals surface area contributed by atoms with Gasteiger partial charge in [-0.2, -0.15) is 0 Å². The minimum absolute atomic E-state index is 0.00605. The second-order valence-corrected chi connectivity index (χ2v) is 11.5. The lowest BCUT2D eigenvalue weighted by atomic mass is 9.98. The molecule has 260 valence electrons. The van der Waals surface area contributed by atoms with E-state index in [4.69, 9.17) is 37.9 Å². The zero-order valence-electron chi connectivity index (χ0n) is 27.3. The Hall–Kier alpha value is -5.19. The lowest BCUT2D eigenvalue weighted by Crippen LogP contribution is -2.62. The van der Waals surface area contributed by atoms with E-state index < -0.39 is 55.2 Å². The highest BCUT2D eigenvalue weighted by atomic mass is 16.7. The van der Waals surface area contributed by atoms with Gasteiger partial charge in [-0.3, -0.25) is 24.2 Å². The third-order valence-corrected chi connectivity index (χ3v) is 8.17. The van der Waals surface area contributed by atoms with Gasteiger partial charge >= 0.3 is 17.9 Å². The number of aromatic nitrogens is 2. The van der Waals surface area contributed by atoms with Gasteiger partial charge in [0.25, 0.3) is 5.56 Å². The number of carbonyl (C=O) groups excluding carboxylic acids is 3. The highest BCUT2D eigenvalue weighted by Crippen LogP contribution is 2.41. The summed E-state index contributed by atoms with van der Waals surface area (Å²) in [5.74, 6) is -0.909. The van der Waals surface area contributed by atoms with Crippen molar-refractivity contribution in [1.82, 2.24) is 14.9 Å². The number of likely N-dealkylation sites (N-methyl/N-ethyl adjacent to an activating group) is 1. The maximum atomic E-state index is 14.3. The normalized spacial score (nSPS) is 21.5. The van der Waals surface area contributed by atoms with Gasteiger partial charge in [0.1, 0.15) is 12.7 Å². The number of hydrogen-bond donors (Lipinski definition) is 2. The van der Waals surface area contributed by atoms with E-state index in [0.717, 1.165) is 13.8 Å². The minimum Gasteiger partial charge on any atom is -0.493 e. The van der Waals surface area contributed by atoms with E-state index in [2.05, 4.69) is 10.3 Å². The molecule has 1 fully saturated rings. The predicted octanol–water partition coefficient (Wildman–Crippen LogP) is 1.55. The van der Waals surface area contributed by atoms with Crippen LogP contribution < -0.4 is 29.8 Å². The fourth-order valence-corrected chi connectivity index (χ4v) is 6.06. The van der Waals surface area contributed by atoms with Crippen LogP contribution in [-0.4, -0.2) is 97.4 Å². The molecule has 2 aromatic heterocycles. The Kier molecular flexibility index (Phi) is 9.45. The number of benzene rings is 2. The molecule has 1 saturated heterocycles. The van der Waals surface area contributed by atoms with Crippen molar-refractivity contribution in [3.8, 4) is 23.0 Å². The van der Waals surface area contributed by atoms with Crippen LogP contribution in [0, 0.1) is 0 Å². The topological polar surface area (TPSA) is 192 Å². The minimum atomic E-state index is -1.70. The molecule has 0 spiro atoms. The van der Waals surface area contributed by atoms with Crippen molar-refractivity contribution >= 4 is 50.5 Å². The van der Waals surface area contributed by atoms with E-state index in [1.54, 1.807) is 36.0 Å². The quantitative estimate of drug-likeness (QED) is 0.139. The average molecular weight is 682 g/mol. The number of nitrogens with zero attached hydrogens (tertiary/aromatic N) is 2. The summed E-state index contributed by atoms with van der Waals surface area (Å²) in [6.07, 6.45) is -5.62. The van der Waals surface area contributed by atoms with Crippen molar-refractivity contribution in [1.29, 1.82) is 0 Å². The second kappa shape index (κ2) is 13.7. The summed E-state index contributed by atoms with van der Waals surface area (Å²) in [6.45, 7) is 3.86. The Morgan fingerprint density at radius 1 is 0.939 bits per heavy atom. The smallest absolute Gasteiger partial charge is 0.303 e. The lowest BCUT2D eigenvalue weighted by molar-refractivity contribution is -0.285. The molecule has 16 nitrogen and oxygen atoms in total. The SMILES string of the molecule is CNCCn1c(=O)c2cc(O[C@@H]3O[C@H](COC(C)=O)[C@H](OC(C)=O)[C@H](OC(C)=O)[C@H]3O)c(OC)cc2c2cnc3cc4c(cc3c21)OCO4. The first kappa shape index (κ1) is 33.7. The number of ether oxygens (including phenoxy) is 8. The number of pyridine rings is 2. The van der Waals surface area contributed by atoms with Gasteiger partial charge in [-0.05, 0) is 25.2 Å². The third-order valence-electron chi connectivity index (χ3n) is 8.17. The maximum Gasteiger partial charge on any atom is 0.303 e. The third kappa shape index (κ3) is 6.49. The maximum absolute atomic E-state index is 14.3. The van der Waals surface area contributed by atoms with E-state index in [1.165, 1.54) is 20.1 Å². The summed E-state index contributed by atoms with van der Waals surface area (Å²) >= 11 is 0. The van der Waals surface area contributed by atoms with E-state index in [1.807, 2.05) is 0 Å². The summed E-state index contributed by atoms with van der Waals surface area (Å²) in [7, 11) is 3.18. The van der Waals surface area contributed by atoms with Gasteiger partial charge in [-0.15, -0.1) is 0 Å². The van der Waals surface area contributed by atoms with Crippen LogP contribution >= 0.6 is 0 Å². The number of hydrogen-bond acceptors (Lipinski definition) is 15. The number of carbonyl (C=O) groups is 3. The summed E-state index contributed by atoms with van der Waals surface area (Å²) in [4.78, 5) is 54.6. The zero-order chi connectivity index (χ0) is 35.0. The van der Waals surface area contributed by atoms with Gasteiger partial charge in [0, 0.05) is 62.3 Å². The molecule has 49 heavy (non-hydrogen) atoms. The van der Waals surface area contributed by atoms with Crippen molar-refractivity contribution in [3.05, 3.63) is 40.8 Å². The molecule has 2 aromatic carbocycles. The van der Waals surface area contributed by atoms with E-state index in [0.29, 0.717) is 51.8 Å². The Balaban J connectivity index is 1.47. The first-order valence-corrected chi connectivity index (χ1v) is 15.4. The number of esters is 3. The van der Waals surface area contributed by atoms with Crippen molar-refractivity contribution in [2.45, 2.75) is 58.0 Å². The van der Waals surface area contributed by atoms with Crippen LogP contribution in [-0.2, 0) is 39.9 Å². The van der Waals surface area contributed by atoms with Crippen molar-refractivity contribution in [3.63, 3.8) is 0 Å². The fraction of sp³-hybridized carbons (Fsp3) is 0.424. The Morgan fingerprint density at radius 3 is 2.31 bits per heavy atom. The van der Waals surface area contributed by atoms with Gasteiger partial charge < -0.3 is 52.9 Å². The fourth-order valence-electron chi connectivity index (χ4n) is 6.06. The van der Waals surface area contributed by atoms with Crippen LogP contribution in [0.5, 0.6) is 23.0 Å². The summed E-state index contributed by atoms with van der Waals surface area (Å²) in [5.41, 5.74) is 0.898. The number of aliphatic hydroxyl groups is 1. The molecule has 2 aliphatic rings. The number of methoxy groups -OCH3 is 1. The monoisotopic (exact) mass is 681 g/mol. The molecule has 0 unspecified atom stereocenters. The Morgan fingerprint density at radius 2 is 1.63 bits per heavy atom. The van der Waals surface area contributed by atoms with Crippen LogP contribution in [0.1, 0.15) is 20.8 Å². The number of fused-ring (bicyclic) bond motifs is 6. The molecule has 0 bridgehead atoms. The van der Waals surface area contributed by atoms with Crippen molar-refractivity contribution in [2.24, 2.45) is 0 Å². The Labute approximate surface area is 278 Å². The molecule has 4 heterocycles. The van der Waals surface area contributed by atoms with E-state index in [-0.39, 0.29) is 29.2 Å². The standard InChI is InChI=1S/C33H35N3O13/c1-15(37)43-13-27-30(46-16(2)38)31(47-17(3)39)29(40)33(49-27)48-26-9-19-18(8-23(26)42-5)21-12-35-22-11-25-24(44-14-45-25)10-20(22)28(21)36(32(19)41)7-6-34-4/h8-12,27,29-31,33-34,40H,6-7,13-14H2,1-5H3/t27-,29-,30+,31-,33-/m1/s1. The molecule has 0 radical (unpaired) electrons. The van der Waals surface area contributed by atoms with E-state index >= 15 is 0 Å². The summed E-state index contributed by atoms with van der Waals surface area (Å²) in [5, 5.41) is 16.5. The first-order chi connectivity index (χ1) is 23.5.